The molecule has 3 rings (SSSR count). The van der Waals surface area contributed by atoms with Crippen LogP contribution >= 0.6 is 23.4 Å². The topological polar surface area (TPSA) is 58.7 Å². The molecule has 0 fully saturated rings. The average molecular weight is 356 g/mol. The molecule has 1 aromatic heterocycles. The van der Waals surface area contributed by atoms with E-state index in [-0.39, 0.29) is 10.8 Å². The van der Waals surface area contributed by atoms with Gasteiger partial charge in [-0.2, -0.15) is 5.26 Å². The molecular weight excluding hydrogens is 342 g/mol. The van der Waals surface area contributed by atoms with Crippen LogP contribution in [-0.2, 0) is 0 Å². The number of nitriles is 1. The van der Waals surface area contributed by atoms with Crippen LogP contribution in [0.1, 0.15) is 12.5 Å². The first-order chi connectivity index (χ1) is 11.5. The molecular formula is C18H14ClN3OS. The fourth-order valence-corrected chi connectivity index (χ4v) is 3.40. The molecule has 0 aliphatic heterocycles. The molecule has 0 unspecified atom stereocenters. The number of nitrogens with zero attached hydrogens (tertiary/aromatic N) is 3. The zero-order chi connectivity index (χ0) is 17.3. The van der Waals surface area contributed by atoms with Gasteiger partial charge in [-0.05, 0) is 43.7 Å². The van der Waals surface area contributed by atoms with Crippen LogP contribution in [0.25, 0.3) is 16.6 Å². The second-order valence-electron chi connectivity index (χ2n) is 5.33. The Hall–Kier alpha value is -2.29. The Kier molecular flexibility index (Phi) is 4.61. The quantitative estimate of drug-likeness (QED) is 0.517. The Morgan fingerprint density at radius 2 is 2.00 bits per heavy atom. The van der Waals surface area contributed by atoms with Crippen LogP contribution in [0.5, 0.6) is 0 Å². The summed E-state index contributed by atoms with van der Waals surface area (Å²) in [6.07, 6.45) is 0. The number of thioether (sulfide) groups is 1. The standard InChI is InChI=1S/C18H14ClN3OS/c1-11(10-20)24-18-21-15-8-4-3-6-13(15)17(23)22(18)16-9-5-7-14(19)12(16)2/h3-9,11H,1-2H3/t11-/m1/s1. The second kappa shape index (κ2) is 6.68. The maximum Gasteiger partial charge on any atom is 0.266 e. The summed E-state index contributed by atoms with van der Waals surface area (Å²) in [4.78, 5) is 17.7. The predicted octanol–water partition coefficient (Wildman–Crippen LogP) is 4.35. The van der Waals surface area contributed by atoms with Gasteiger partial charge >= 0.3 is 0 Å². The summed E-state index contributed by atoms with van der Waals surface area (Å²) in [5, 5.41) is 10.4. The van der Waals surface area contributed by atoms with Crippen molar-refractivity contribution in [3.63, 3.8) is 0 Å². The molecule has 3 aromatic rings. The molecule has 4 nitrogen and oxygen atoms in total. The van der Waals surface area contributed by atoms with E-state index < -0.39 is 0 Å². The summed E-state index contributed by atoms with van der Waals surface area (Å²) < 4.78 is 1.54. The second-order valence-corrected chi connectivity index (χ2v) is 7.04. The van der Waals surface area contributed by atoms with E-state index in [1.54, 1.807) is 35.8 Å². The van der Waals surface area contributed by atoms with E-state index in [1.807, 2.05) is 25.1 Å². The van der Waals surface area contributed by atoms with Crippen LogP contribution < -0.4 is 5.56 Å². The Labute approximate surface area is 148 Å². The van der Waals surface area contributed by atoms with E-state index in [0.29, 0.717) is 26.8 Å². The number of hydrogen-bond donors (Lipinski definition) is 0. The van der Waals surface area contributed by atoms with Crippen molar-refractivity contribution in [2.24, 2.45) is 0 Å². The van der Waals surface area contributed by atoms with E-state index in [9.17, 15) is 4.79 Å². The lowest BCUT2D eigenvalue weighted by atomic mass is 10.2. The summed E-state index contributed by atoms with van der Waals surface area (Å²) in [6.45, 7) is 3.64. The summed E-state index contributed by atoms with van der Waals surface area (Å²) in [5.41, 5.74) is 1.92. The fourth-order valence-electron chi connectivity index (χ4n) is 2.43. The maximum atomic E-state index is 13.1. The smallest absolute Gasteiger partial charge is 0.266 e. The summed E-state index contributed by atoms with van der Waals surface area (Å²) >= 11 is 7.48. The van der Waals surface area contributed by atoms with Gasteiger partial charge in [-0.1, -0.05) is 41.6 Å². The van der Waals surface area contributed by atoms with Gasteiger partial charge < -0.3 is 0 Å². The van der Waals surface area contributed by atoms with E-state index in [1.165, 1.54) is 11.8 Å². The first-order valence-corrected chi connectivity index (χ1v) is 8.62. The van der Waals surface area contributed by atoms with Crippen LogP contribution in [-0.4, -0.2) is 14.8 Å². The van der Waals surface area contributed by atoms with Crippen molar-refractivity contribution < 1.29 is 0 Å². The number of para-hydroxylation sites is 1. The van der Waals surface area contributed by atoms with Gasteiger partial charge in [0.1, 0.15) is 0 Å². The number of halogens is 1. The summed E-state index contributed by atoms with van der Waals surface area (Å²) in [5.74, 6) is 0. The van der Waals surface area contributed by atoms with Crippen molar-refractivity contribution in [2.75, 3.05) is 0 Å². The minimum Gasteiger partial charge on any atom is -0.268 e. The predicted molar refractivity (Wildman–Crippen MR) is 98.0 cm³/mol. The molecule has 0 N–H and O–H groups in total. The lowest BCUT2D eigenvalue weighted by Gasteiger charge is -2.16. The molecule has 0 aliphatic carbocycles. The molecule has 0 saturated carbocycles. The van der Waals surface area contributed by atoms with Crippen molar-refractivity contribution in [3.8, 4) is 11.8 Å². The lowest BCUT2D eigenvalue weighted by Crippen LogP contribution is -2.23. The highest BCUT2D eigenvalue weighted by atomic mass is 35.5. The highest BCUT2D eigenvalue weighted by Crippen LogP contribution is 2.28. The van der Waals surface area contributed by atoms with Gasteiger partial charge in [-0.15, -0.1) is 0 Å². The van der Waals surface area contributed by atoms with Crippen LogP contribution in [0, 0.1) is 18.3 Å². The van der Waals surface area contributed by atoms with Crippen LogP contribution in [0.3, 0.4) is 0 Å². The molecule has 0 aliphatic rings. The number of aromatic nitrogens is 2. The first kappa shape index (κ1) is 16.6. The third-order valence-corrected chi connectivity index (χ3v) is 5.04. The Bertz CT molecular complexity index is 1020. The summed E-state index contributed by atoms with van der Waals surface area (Å²) in [7, 11) is 0. The molecule has 24 heavy (non-hydrogen) atoms. The van der Waals surface area contributed by atoms with Crippen molar-refractivity contribution in [2.45, 2.75) is 24.3 Å². The van der Waals surface area contributed by atoms with E-state index in [2.05, 4.69) is 11.1 Å². The number of benzene rings is 2. The van der Waals surface area contributed by atoms with Crippen LogP contribution in [0.15, 0.2) is 52.4 Å². The van der Waals surface area contributed by atoms with Crippen molar-refractivity contribution >= 4 is 34.3 Å². The molecule has 6 heteroatoms. The van der Waals surface area contributed by atoms with Gasteiger partial charge in [0.15, 0.2) is 5.16 Å². The third-order valence-electron chi connectivity index (χ3n) is 3.69. The van der Waals surface area contributed by atoms with Crippen molar-refractivity contribution in [3.05, 3.63) is 63.4 Å². The van der Waals surface area contributed by atoms with Crippen molar-refractivity contribution in [1.29, 1.82) is 5.26 Å². The normalized spacial score (nSPS) is 12.1. The highest BCUT2D eigenvalue weighted by molar-refractivity contribution is 8.00. The largest absolute Gasteiger partial charge is 0.268 e. The maximum absolute atomic E-state index is 13.1. The van der Waals surface area contributed by atoms with E-state index >= 15 is 0 Å². The third kappa shape index (κ3) is 2.91. The Morgan fingerprint density at radius 3 is 2.75 bits per heavy atom. The molecule has 0 radical (unpaired) electrons. The molecule has 120 valence electrons. The Morgan fingerprint density at radius 1 is 1.25 bits per heavy atom. The average Bonchev–Trinajstić information content (AvgIpc) is 2.58. The zero-order valence-electron chi connectivity index (χ0n) is 13.2. The fraction of sp³-hybridized carbons (Fsp3) is 0.167. The van der Waals surface area contributed by atoms with Crippen molar-refractivity contribution in [1.82, 2.24) is 9.55 Å². The number of fused-ring (bicyclic) bond motifs is 1. The molecule has 0 saturated heterocycles. The zero-order valence-corrected chi connectivity index (χ0v) is 14.7. The molecule has 1 atom stereocenters. The van der Waals surface area contributed by atoms with Crippen LogP contribution in [0.4, 0.5) is 0 Å². The SMILES string of the molecule is Cc1c(Cl)cccc1-n1c(S[C@H](C)C#N)nc2ccccc2c1=O. The van der Waals surface area contributed by atoms with Gasteiger partial charge in [0.25, 0.3) is 5.56 Å². The van der Waals surface area contributed by atoms with Gasteiger partial charge in [0.05, 0.1) is 27.9 Å². The monoisotopic (exact) mass is 355 g/mol. The molecule has 1 heterocycles. The van der Waals surface area contributed by atoms with Gasteiger partial charge in [-0.25, -0.2) is 4.98 Å². The highest BCUT2D eigenvalue weighted by Gasteiger charge is 2.17. The lowest BCUT2D eigenvalue weighted by molar-refractivity contribution is 0.813. The summed E-state index contributed by atoms with van der Waals surface area (Å²) in [6, 6.07) is 14.8. The van der Waals surface area contributed by atoms with E-state index in [4.69, 9.17) is 16.9 Å². The minimum atomic E-state index is -0.330. The first-order valence-electron chi connectivity index (χ1n) is 7.36. The van der Waals surface area contributed by atoms with Gasteiger partial charge in [-0.3, -0.25) is 9.36 Å². The molecule has 0 bridgehead atoms. The van der Waals surface area contributed by atoms with E-state index in [0.717, 1.165) is 5.56 Å². The number of hydrogen-bond acceptors (Lipinski definition) is 4. The van der Waals surface area contributed by atoms with Gasteiger partial charge in [0.2, 0.25) is 0 Å². The Balaban J connectivity index is 2.38. The minimum absolute atomic E-state index is 0.168. The molecule has 2 aromatic carbocycles. The van der Waals surface area contributed by atoms with Gasteiger partial charge in [0, 0.05) is 5.02 Å². The number of rotatable bonds is 3. The molecule has 0 amide bonds. The molecule has 0 spiro atoms. The van der Waals surface area contributed by atoms with Crippen LogP contribution in [0.2, 0.25) is 5.02 Å².